The van der Waals surface area contributed by atoms with E-state index >= 15 is 0 Å². The van der Waals surface area contributed by atoms with E-state index in [0.717, 1.165) is 6.42 Å². The van der Waals surface area contributed by atoms with E-state index in [-0.39, 0.29) is 11.5 Å². The Bertz CT molecular complexity index is 530. The van der Waals surface area contributed by atoms with Crippen molar-refractivity contribution in [3.05, 3.63) is 23.8 Å². The number of carbonyl (C=O) groups is 2. The molecule has 0 spiro atoms. The van der Waals surface area contributed by atoms with Crippen LogP contribution in [0.15, 0.2) is 18.2 Å². The molecular formula is C14H19N3O3. The smallest absolute Gasteiger partial charge is 0.337 e. The summed E-state index contributed by atoms with van der Waals surface area (Å²) in [5, 5.41) is 9.28. The summed E-state index contributed by atoms with van der Waals surface area (Å²) in [4.78, 5) is 26.5. The van der Waals surface area contributed by atoms with E-state index in [1.165, 1.54) is 0 Å². The first-order chi connectivity index (χ1) is 9.50. The topological polar surface area (TPSA) is 86.9 Å². The number of hydrogen-bond acceptors (Lipinski definition) is 4. The lowest BCUT2D eigenvalue weighted by atomic mass is 10.1. The van der Waals surface area contributed by atoms with Crippen molar-refractivity contribution in [3.63, 3.8) is 0 Å². The van der Waals surface area contributed by atoms with E-state index in [2.05, 4.69) is 0 Å². The van der Waals surface area contributed by atoms with Crippen molar-refractivity contribution < 1.29 is 14.7 Å². The standard InChI is InChI=1S/C14H19N3O3/c1-10(18)16-6-3-7-17(9-8-16)13-11(14(19)20)4-2-5-12(13)15/h2,4-5H,3,6-9,15H2,1H3,(H,19,20). The van der Waals surface area contributed by atoms with Crippen LogP contribution in [0.2, 0.25) is 0 Å². The molecule has 2 rings (SSSR count). The van der Waals surface area contributed by atoms with Gasteiger partial charge in [0.2, 0.25) is 5.91 Å². The summed E-state index contributed by atoms with van der Waals surface area (Å²) in [6.07, 6.45) is 0.799. The molecule has 20 heavy (non-hydrogen) atoms. The summed E-state index contributed by atoms with van der Waals surface area (Å²) in [6, 6.07) is 4.90. The zero-order valence-electron chi connectivity index (χ0n) is 11.5. The summed E-state index contributed by atoms with van der Waals surface area (Å²) in [7, 11) is 0. The van der Waals surface area contributed by atoms with Crippen LogP contribution in [0.3, 0.4) is 0 Å². The molecule has 1 amide bonds. The van der Waals surface area contributed by atoms with Crippen LogP contribution in [-0.4, -0.2) is 48.1 Å². The Morgan fingerprint density at radius 3 is 2.60 bits per heavy atom. The van der Waals surface area contributed by atoms with E-state index in [9.17, 15) is 14.7 Å². The second-order valence-electron chi connectivity index (χ2n) is 4.90. The van der Waals surface area contributed by atoms with Gasteiger partial charge in [-0.15, -0.1) is 0 Å². The Balaban J connectivity index is 2.28. The Hall–Kier alpha value is -2.24. The molecule has 0 unspecified atom stereocenters. The van der Waals surface area contributed by atoms with E-state index < -0.39 is 5.97 Å². The van der Waals surface area contributed by atoms with Gasteiger partial charge in [-0.3, -0.25) is 4.79 Å². The summed E-state index contributed by atoms with van der Waals surface area (Å²) < 4.78 is 0. The van der Waals surface area contributed by atoms with Crippen molar-refractivity contribution >= 4 is 23.3 Å². The molecule has 1 fully saturated rings. The van der Waals surface area contributed by atoms with Crippen molar-refractivity contribution in [1.29, 1.82) is 0 Å². The Kier molecular flexibility index (Phi) is 4.12. The third-order valence-electron chi connectivity index (χ3n) is 3.56. The number of hydrogen-bond donors (Lipinski definition) is 2. The minimum atomic E-state index is -0.986. The molecule has 0 radical (unpaired) electrons. The average Bonchev–Trinajstić information content (AvgIpc) is 2.64. The lowest BCUT2D eigenvalue weighted by Gasteiger charge is -2.26. The van der Waals surface area contributed by atoms with Gasteiger partial charge in [-0.05, 0) is 18.6 Å². The maximum Gasteiger partial charge on any atom is 0.337 e. The molecule has 0 bridgehead atoms. The largest absolute Gasteiger partial charge is 0.478 e. The first kappa shape index (κ1) is 14.2. The SMILES string of the molecule is CC(=O)N1CCCN(c2c(N)cccc2C(=O)O)CC1. The molecule has 6 nitrogen and oxygen atoms in total. The quantitative estimate of drug-likeness (QED) is 0.788. The predicted octanol–water partition coefficient (Wildman–Crippen LogP) is 1.03. The molecule has 1 aromatic rings. The Labute approximate surface area is 117 Å². The van der Waals surface area contributed by atoms with Gasteiger partial charge in [0.25, 0.3) is 0 Å². The highest BCUT2D eigenvalue weighted by molar-refractivity contribution is 5.98. The summed E-state index contributed by atoms with van der Waals surface area (Å²) in [6.45, 7) is 4.12. The van der Waals surface area contributed by atoms with E-state index in [1.807, 2.05) is 4.90 Å². The number of aromatic carboxylic acids is 1. The summed E-state index contributed by atoms with van der Waals surface area (Å²) in [5.74, 6) is -0.939. The van der Waals surface area contributed by atoms with Crippen molar-refractivity contribution in [3.8, 4) is 0 Å². The highest BCUT2D eigenvalue weighted by Gasteiger charge is 2.22. The molecule has 1 aliphatic heterocycles. The molecule has 6 heteroatoms. The Morgan fingerprint density at radius 1 is 1.20 bits per heavy atom. The number of carboxylic acids is 1. The molecule has 1 aliphatic rings. The van der Waals surface area contributed by atoms with Crippen molar-refractivity contribution in [2.75, 3.05) is 36.8 Å². The molecule has 0 atom stereocenters. The van der Waals surface area contributed by atoms with Gasteiger partial charge >= 0.3 is 5.97 Å². The normalized spacial score (nSPS) is 15.8. The van der Waals surface area contributed by atoms with Crippen LogP contribution in [0.25, 0.3) is 0 Å². The number of nitrogen functional groups attached to an aromatic ring is 1. The molecular weight excluding hydrogens is 258 g/mol. The van der Waals surface area contributed by atoms with Crippen LogP contribution < -0.4 is 10.6 Å². The van der Waals surface area contributed by atoms with Crippen molar-refractivity contribution in [2.45, 2.75) is 13.3 Å². The number of amides is 1. The third-order valence-corrected chi connectivity index (χ3v) is 3.56. The van der Waals surface area contributed by atoms with Gasteiger partial charge < -0.3 is 20.6 Å². The highest BCUT2D eigenvalue weighted by Crippen LogP contribution is 2.28. The van der Waals surface area contributed by atoms with Crippen LogP contribution in [-0.2, 0) is 4.79 Å². The van der Waals surface area contributed by atoms with E-state index in [1.54, 1.807) is 30.0 Å². The summed E-state index contributed by atoms with van der Waals surface area (Å²) in [5.41, 5.74) is 7.18. The van der Waals surface area contributed by atoms with E-state index in [4.69, 9.17) is 5.73 Å². The second kappa shape index (κ2) is 5.81. The van der Waals surface area contributed by atoms with Gasteiger partial charge in [0.15, 0.2) is 0 Å². The van der Waals surface area contributed by atoms with E-state index in [0.29, 0.717) is 37.6 Å². The fraction of sp³-hybridized carbons (Fsp3) is 0.429. The fourth-order valence-electron chi connectivity index (χ4n) is 2.54. The molecule has 108 valence electrons. The number of rotatable bonds is 2. The van der Waals surface area contributed by atoms with Crippen LogP contribution in [0.4, 0.5) is 11.4 Å². The van der Waals surface area contributed by atoms with Gasteiger partial charge in [-0.1, -0.05) is 6.07 Å². The Morgan fingerprint density at radius 2 is 1.95 bits per heavy atom. The fourth-order valence-corrected chi connectivity index (χ4v) is 2.54. The van der Waals surface area contributed by atoms with Crippen LogP contribution >= 0.6 is 0 Å². The number of nitrogens with zero attached hydrogens (tertiary/aromatic N) is 2. The lowest BCUT2D eigenvalue weighted by Crippen LogP contribution is -2.34. The first-order valence-electron chi connectivity index (χ1n) is 6.63. The van der Waals surface area contributed by atoms with Gasteiger partial charge in [0.05, 0.1) is 16.9 Å². The number of benzene rings is 1. The number of nitrogens with two attached hydrogens (primary N) is 1. The van der Waals surface area contributed by atoms with Gasteiger partial charge in [0.1, 0.15) is 0 Å². The van der Waals surface area contributed by atoms with Gasteiger partial charge in [-0.2, -0.15) is 0 Å². The van der Waals surface area contributed by atoms with Crippen molar-refractivity contribution in [1.82, 2.24) is 4.90 Å². The molecule has 0 aromatic heterocycles. The minimum absolute atomic E-state index is 0.0475. The number of anilines is 2. The molecule has 3 N–H and O–H groups in total. The molecule has 1 aromatic carbocycles. The zero-order chi connectivity index (χ0) is 14.7. The highest BCUT2D eigenvalue weighted by atomic mass is 16.4. The zero-order valence-corrected chi connectivity index (χ0v) is 11.5. The number of carboxylic acid groups (broad SMARTS) is 1. The number of carbonyl (C=O) groups excluding carboxylic acids is 1. The minimum Gasteiger partial charge on any atom is -0.478 e. The molecule has 1 heterocycles. The van der Waals surface area contributed by atoms with Crippen molar-refractivity contribution in [2.24, 2.45) is 0 Å². The summed E-state index contributed by atoms with van der Waals surface area (Å²) >= 11 is 0. The third kappa shape index (κ3) is 2.84. The molecule has 1 saturated heterocycles. The first-order valence-corrected chi connectivity index (χ1v) is 6.63. The maximum atomic E-state index is 11.4. The molecule has 0 saturated carbocycles. The lowest BCUT2D eigenvalue weighted by molar-refractivity contribution is -0.128. The van der Waals surface area contributed by atoms with Crippen LogP contribution in [0, 0.1) is 0 Å². The maximum absolute atomic E-state index is 11.4. The monoisotopic (exact) mass is 277 g/mol. The average molecular weight is 277 g/mol. The number of para-hydroxylation sites is 1. The van der Waals surface area contributed by atoms with Crippen LogP contribution in [0.5, 0.6) is 0 Å². The van der Waals surface area contributed by atoms with Crippen LogP contribution in [0.1, 0.15) is 23.7 Å². The van der Waals surface area contributed by atoms with Gasteiger partial charge in [0, 0.05) is 33.1 Å². The van der Waals surface area contributed by atoms with Gasteiger partial charge in [-0.25, -0.2) is 4.79 Å². The second-order valence-corrected chi connectivity index (χ2v) is 4.90. The molecule has 0 aliphatic carbocycles. The predicted molar refractivity (Wildman–Crippen MR) is 76.9 cm³/mol.